The number of carbonyl (C=O) groups is 1. The van der Waals surface area contributed by atoms with E-state index in [0.717, 1.165) is 22.6 Å². The monoisotopic (exact) mass is 415 g/mol. The Bertz CT molecular complexity index is 1180. The first kappa shape index (κ1) is 19.0. The number of pyridine rings is 1. The van der Waals surface area contributed by atoms with E-state index in [2.05, 4.69) is 30.2 Å². The number of piperazine rings is 1. The minimum atomic E-state index is -0.0369. The molecular formula is C22H21N7O2. The van der Waals surface area contributed by atoms with Crippen molar-refractivity contribution in [1.29, 1.82) is 0 Å². The molecule has 9 heteroatoms. The molecule has 4 aromatic rings. The first-order valence-corrected chi connectivity index (χ1v) is 10.1. The number of carbonyl (C=O) groups excluding carboxylic acids is 1. The van der Waals surface area contributed by atoms with E-state index >= 15 is 0 Å². The zero-order chi connectivity index (χ0) is 21.2. The number of benzene rings is 1. The number of hydrogen-bond acceptors (Lipinski definition) is 7. The van der Waals surface area contributed by atoms with Crippen LogP contribution in [0.1, 0.15) is 16.4 Å². The highest BCUT2D eigenvalue weighted by Crippen LogP contribution is 2.21. The van der Waals surface area contributed by atoms with Gasteiger partial charge in [0.1, 0.15) is 11.5 Å². The average molecular weight is 415 g/mol. The van der Waals surface area contributed by atoms with Gasteiger partial charge >= 0.3 is 0 Å². The second-order valence-corrected chi connectivity index (χ2v) is 7.35. The Balaban J connectivity index is 1.21. The summed E-state index contributed by atoms with van der Waals surface area (Å²) in [5.41, 5.74) is 3.06. The van der Waals surface area contributed by atoms with Crippen molar-refractivity contribution in [2.75, 3.05) is 31.1 Å². The maximum atomic E-state index is 12.9. The first-order valence-electron chi connectivity index (χ1n) is 10.1. The third-order valence-electron chi connectivity index (χ3n) is 5.30. The minimum Gasteiger partial charge on any atom is -0.353 e. The molecular weight excluding hydrogens is 394 g/mol. The summed E-state index contributed by atoms with van der Waals surface area (Å²) in [5, 5.41) is 11.1. The van der Waals surface area contributed by atoms with E-state index in [1.165, 1.54) is 0 Å². The van der Waals surface area contributed by atoms with Crippen LogP contribution in [0.15, 0.2) is 59.3 Å². The van der Waals surface area contributed by atoms with Gasteiger partial charge in [0, 0.05) is 50.4 Å². The number of rotatable bonds is 4. The molecule has 5 rings (SSSR count). The molecule has 0 unspecified atom stereocenters. The van der Waals surface area contributed by atoms with Crippen molar-refractivity contribution in [3.8, 4) is 22.6 Å². The molecule has 1 aliphatic rings. The van der Waals surface area contributed by atoms with E-state index in [-0.39, 0.29) is 5.91 Å². The van der Waals surface area contributed by atoms with Gasteiger partial charge in [-0.2, -0.15) is 10.1 Å². The lowest BCUT2D eigenvalue weighted by Gasteiger charge is -2.35. The highest BCUT2D eigenvalue weighted by molar-refractivity contribution is 5.93. The standard InChI is InChI=1S/C22H21N7O2/c1-15-24-21(27-31-15)17-7-8-20(23-14-17)28-9-11-29(12-10-28)22(30)19-13-18(25-26-19)16-5-3-2-4-6-16/h2-8,13-14H,9-12H2,1H3,(H,25,26). The van der Waals surface area contributed by atoms with E-state index in [1.807, 2.05) is 53.4 Å². The van der Waals surface area contributed by atoms with Gasteiger partial charge in [0.05, 0.1) is 5.69 Å². The van der Waals surface area contributed by atoms with Crippen LogP contribution in [-0.4, -0.2) is 62.3 Å². The fourth-order valence-corrected chi connectivity index (χ4v) is 3.62. The average Bonchev–Trinajstić information content (AvgIpc) is 3.49. The lowest BCUT2D eigenvalue weighted by atomic mass is 10.1. The van der Waals surface area contributed by atoms with Crippen LogP contribution in [0.4, 0.5) is 5.82 Å². The SMILES string of the molecule is Cc1nc(-c2ccc(N3CCN(C(=O)c4cc(-c5ccccc5)n[nH]4)CC3)nc2)no1. The van der Waals surface area contributed by atoms with Gasteiger partial charge in [0.2, 0.25) is 11.7 Å². The summed E-state index contributed by atoms with van der Waals surface area (Å²) in [6.07, 6.45) is 1.74. The maximum absolute atomic E-state index is 12.9. The summed E-state index contributed by atoms with van der Waals surface area (Å²) in [6, 6.07) is 15.5. The molecule has 0 aliphatic carbocycles. The van der Waals surface area contributed by atoms with Gasteiger partial charge in [0.15, 0.2) is 0 Å². The molecule has 1 fully saturated rings. The largest absolute Gasteiger partial charge is 0.353 e. The number of H-pyrrole nitrogens is 1. The molecule has 1 N–H and O–H groups in total. The van der Waals surface area contributed by atoms with Gasteiger partial charge < -0.3 is 14.3 Å². The highest BCUT2D eigenvalue weighted by atomic mass is 16.5. The van der Waals surface area contributed by atoms with Crippen LogP contribution in [0.3, 0.4) is 0 Å². The van der Waals surface area contributed by atoms with Crippen molar-refractivity contribution >= 4 is 11.7 Å². The zero-order valence-corrected chi connectivity index (χ0v) is 17.0. The topological polar surface area (TPSA) is 104 Å². The van der Waals surface area contributed by atoms with E-state index in [4.69, 9.17) is 4.52 Å². The van der Waals surface area contributed by atoms with Gasteiger partial charge in [-0.25, -0.2) is 4.98 Å². The Kier molecular flexibility index (Phi) is 4.91. The number of hydrogen-bond donors (Lipinski definition) is 1. The van der Waals surface area contributed by atoms with Gasteiger partial charge in [-0.3, -0.25) is 9.89 Å². The zero-order valence-electron chi connectivity index (χ0n) is 17.0. The van der Waals surface area contributed by atoms with Crippen LogP contribution in [-0.2, 0) is 0 Å². The van der Waals surface area contributed by atoms with Crippen LogP contribution >= 0.6 is 0 Å². The van der Waals surface area contributed by atoms with Crippen molar-refractivity contribution in [3.05, 3.63) is 66.3 Å². The van der Waals surface area contributed by atoms with E-state index in [1.54, 1.807) is 13.1 Å². The minimum absolute atomic E-state index is 0.0369. The molecule has 9 nitrogen and oxygen atoms in total. The van der Waals surface area contributed by atoms with Gasteiger partial charge in [-0.15, -0.1) is 0 Å². The summed E-state index contributed by atoms with van der Waals surface area (Å²) < 4.78 is 5.02. The molecule has 1 amide bonds. The number of aromatic amines is 1. The van der Waals surface area contributed by atoms with E-state index < -0.39 is 0 Å². The highest BCUT2D eigenvalue weighted by Gasteiger charge is 2.24. The molecule has 0 spiro atoms. The molecule has 0 bridgehead atoms. The molecule has 0 saturated carbocycles. The Labute approximate surface area is 178 Å². The number of nitrogens with zero attached hydrogens (tertiary/aromatic N) is 6. The third-order valence-corrected chi connectivity index (χ3v) is 5.30. The Morgan fingerprint density at radius 3 is 2.52 bits per heavy atom. The Hall–Kier alpha value is -4.01. The van der Waals surface area contributed by atoms with Crippen LogP contribution in [0.25, 0.3) is 22.6 Å². The van der Waals surface area contributed by atoms with Crippen LogP contribution < -0.4 is 4.90 Å². The normalized spacial score (nSPS) is 14.1. The van der Waals surface area contributed by atoms with Crippen molar-refractivity contribution in [2.45, 2.75) is 6.92 Å². The van der Waals surface area contributed by atoms with Crippen molar-refractivity contribution in [1.82, 2.24) is 30.2 Å². The summed E-state index contributed by atoms with van der Waals surface area (Å²) in [6.45, 7) is 4.40. The number of aryl methyl sites for hydroxylation is 1. The lowest BCUT2D eigenvalue weighted by Crippen LogP contribution is -2.49. The Morgan fingerprint density at radius 2 is 1.84 bits per heavy atom. The smallest absolute Gasteiger partial charge is 0.272 e. The molecule has 156 valence electrons. The van der Waals surface area contributed by atoms with Crippen LogP contribution in [0, 0.1) is 6.92 Å². The second kappa shape index (κ2) is 8.02. The molecule has 1 saturated heterocycles. The first-order chi connectivity index (χ1) is 15.2. The van der Waals surface area contributed by atoms with Gasteiger partial charge in [-0.1, -0.05) is 35.5 Å². The summed E-state index contributed by atoms with van der Waals surface area (Å²) in [7, 11) is 0. The van der Waals surface area contributed by atoms with Crippen molar-refractivity contribution in [2.24, 2.45) is 0 Å². The molecule has 0 radical (unpaired) electrons. The van der Waals surface area contributed by atoms with Crippen LogP contribution in [0.2, 0.25) is 0 Å². The predicted octanol–water partition coefficient (Wildman–Crippen LogP) is 2.79. The van der Waals surface area contributed by atoms with E-state index in [0.29, 0.717) is 43.6 Å². The lowest BCUT2D eigenvalue weighted by molar-refractivity contribution is 0.0740. The quantitative estimate of drug-likeness (QED) is 0.546. The fourth-order valence-electron chi connectivity index (χ4n) is 3.62. The number of nitrogens with one attached hydrogen (secondary N) is 1. The third kappa shape index (κ3) is 3.89. The predicted molar refractivity (Wildman–Crippen MR) is 114 cm³/mol. The summed E-state index contributed by atoms with van der Waals surface area (Å²) >= 11 is 0. The van der Waals surface area contributed by atoms with E-state index in [9.17, 15) is 4.79 Å². The van der Waals surface area contributed by atoms with Gasteiger partial charge in [0.25, 0.3) is 5.91 Å². The number of aromatic nitrogens is 5. The second-order valence-electron chi connectivity index (χ2n) is 7.35. The summed E-state index contributed by atoms with van der Waals surface area (Å²) in [5.74, 6) is 1.88. The van der Waals surface area contributed by atoms with Crippen molar-refractivity contribution < 1.29 is 9.32 Å². The molecule has 0 atom stereocenters. The Morgan fingerprint density at radius 1 is 1.03 bits per heavy atom. The number of amides is 1. The molecule has 3 aromatic heterocycles. The van der Waals surface area contributed by atoms with Crippen molar-refractivity contribution in [3.63, 3.8) is 0 Å². The van der Waals surface area contributed by atoms with Gasteiger partial charge in [-0.05, 0) is 18.2 Å². The number of anilines is 1. The van der Waals surface area contributed by atoms with Crippen LogP contribution in [0.5, 0.6) is 0 Å². The molecule has 31 heavy (non-hydrogen) atoms. The molecule has 1 aliphatic heterocycles. The summed E-state index contributed by atoms with van der Waals surface area (Å²) in [4.78, 5) is 25.7. The fraction of sp³-hybridized carbons (Fsp3) is 0.227. The maximum Gasteiger partial charge on any atom is 0.272 e. The molecule has 4 heterocycles. The molecule has 1 aromatic carbocycles.